The fourth-order valence-electron chi connectivity index (χ4n) is 1.44. The van der Waals surface area contributed by atoms with E-state index in [0.29, 0.717) is 24.6 Å². The number of carbonyl (C=O) groups is 2. The summed E-state index contributed by atoms with van der Waals surface area (Å²) in [6, 6.07) is 5.94. The van der Waals surface area contributed by atoms with Gasteiger partial charge in [0.15, 0.2) is 5.84 Å². The van der Waals surface area contributed by atoms with E-state index in [-0.39, 0.29) is 11.5 Å². The fraction of sp³-hybridized carbons (Fsp3) is 0.182. The van der Waals surface area contributed by atoms with Crippen molar-refractivity contribution in [2.24, 2.45) is 4.99 Å². The van der Waals surface area contributed by atoms with E-state index in [0.717, 1.165) is 0 Å². The number of aromatic carboxylic acids is 1. The lowest BCUT2D eigenvalue weighted by molar-refractivity contribution is -0.110. The number of carboxylic acids is 1. The summed E-state index contributed by atoms with van der Waals surface area (Å²) < 4.78 is 0. The van der Waals surface area contributed by atoms with Crippen LogP contribution >= 0.6 is 0 Å². The highest BCUT2D eigenvalue weighted by molar-refractivity contribution is 6.42. The molecule has 6 heteroatoms. The van der Waals surface area contributed by atoms with Crippen LogP contribution in [-0.2, 0) is 4.79 Å². The van der Waals surface area contributed by atoms with Crippen LogP contribution in [-0.4, -0.2) is 35.9 Å². The predicted molar refractivity (Wildman–Crippen MR) is 62.3 cm³/mol. The van der Waals surface area contributed by atoms with Crippen molar-refractivity contribution in [1.29, 1.82) is 0 Å². The molecule has 17 heavy (non-hydrogen) atoms. The smallest absolute Gasteiger partial charge is 0.335 e. The summed E-state index contributed by atoms with van der Waals surface area (Å²) in [5, 5.41) is 14.2. The Morgan fingerprint density at radius 3 is 2.53 bits per heavy atom. The Kier molecular flexibility index (Phi) is 3.04. The first-order chi connectivity index (χ1) is 8.16. The largest absolute Gasteiger partial charge is 0.478 e. The number of amidine groups is 1. The van der Waals surface area contributed by atoms with Crippen LogP contribution in [0.5, 0.6) is 0 Å². The van der Waals surface area contributed by atoms with Crippen molar-refractivity contribution in [3.8, 4) is 0 Å². The van der Waals surface area contributed by atoms with E-state index in [4.69, 9.17) is 5.11 Å². The predicted octanol–water partition coefficient (Wildman–Crippen LogP) is 0.325. The molecule has 0 saturated heterocycles. The third-order valence-corrected chi connectivity index (χ3v) is 2.28. The summed E-state index contributed by atoms with van der Waals surface area (Å²) in [7, 11) is 0. The van der Waals surface area contributed by atoms with Crippen molar-refractivity contribution in [2.45, 2.75) is 0 Å². The molecule has 2 rings (SSSR count). The Labute approximate surface area is 97.4 Å². The Morgan fingerprint density at radius 1 is 1.29 bits per heavy atom. The number of aliphatic imine (C=N–C) groups is 1. The lowest BCUT2D eigenvalue weighted by Crippen LogP contribution is -2.32. The van der Waals surface area contributed by atoms with Gasteiger partial charge >= 0.3 is 5.97 Å². The summed E-state index contributed by atoms with van der Waals surface area (Å²) in [6.07, 6.45) is 0. The van der Waals surface area contributed by atoms with Gasteiger partial charge in [-0.3, -0.25) is 9.79 Å². The lowest BCUT2D eigenvalue weighted by Gasteiger charge is -2.05. The Bertz CT molecular complexity index is 479. The molecule has 1 aromatic rings. The van der Waals surface area contributed by atoms with Crippen LogP contribution in [0.25, 0.3) is 0 Å². The summed E-state index contributed by atoms with van der Waals surface area (Å²) >= 11 is 0. The van der Waals surface area contributed by atoms with Crippen LogP contribution in [0.15, 0.2) is 29.3 Å². The van der Waals surface area contributed by atoms with Gasteiger partial charge in [0.1, 0.15) is 0 Å². The van der Waals surface area contributed by atoms with Gasteiger partial charge in [-0.15, -0.1) is 0 Å². The van der Waals surface area contributed by atoms with Crippen LogP contribution in [0.3, 0.4) is 0 Å². The number of nitrogens with zero attached hydrogens (tertiary/aromatic N) is 1. The number of carbonyl (C=O) groups excluding carboxylic acids is 1. The molecule has 1 heterocycles. The maximum absolute atomic E-state index is 11.6. The second-order valence-electron chi connectivity index (χ2n) is 3.49. The van der Waals surface area contributed by atoms with Crippen molar-refractivity contribution >= 4 is 23.4 Å². The zero-order valence-corrected chi connectivity index (χ0v) is 8.93. The second kappa shape index (κ2) is 4.65. The first-order valence-corrected chi connectivity index (χ1v) is 5.10. The molecule has 0 saturated carbocycles. The molecule has 0 unspecified atom stereocenters. The van der Waals surface area contributed by atoms with Gasteiger partial charge in [0, 0.05) is 12.2 Å². The molecule has 0 atom stereocenters. The van der Waals surface area contributed by atoms with Gasteiger partial charge in [-0.05, 0) is 24.3 Å². The maximum Gasteiger partial charge on any atom is 0.335 e. The van der Waals surface area contributed by atoms with Crippen molar-refractivity contribution < 1.29 is 14.7 Å². The normalized spacial score (nSPS) is 13.8. The van der Waals surface area contributed by atoms with Gasteiger partial charge in [-0.1, -0.05) is 0 Å². The molecule has 3 N–H and O–H groups in total. The van der Waals surface area contributed by atoms with Gasteiger partial charge in [-0.25, -0.2) is 4.79 Å². The molecule has 0 radical (unpaired) electrons. The Hall–Kier alpha value is -2.37. The number of hydrogen-bond acceptors (Lipinski definition) is 4. The lowest BCUT2D eigenvalue weighted by atomic mass is 10.2. The number of amides is 1. The molecule has 0 aliphatic carbocycles. The van der Waals surface area contributed by atoms with Gasteiger partial charge in [-0.2, -0.15) is 0 Å². The standard InChI is InChI=1S/C11H11N3O3/c15-10(9-12-5-6-13-9)14-8-3-1-7(2-4-8)11(16)17/h1-4H,5-6H2,(H,12,13)(H,14,15)(H,16,17). The molecule has 0 aromatic heterocycles. The summed E-state index contributed by atoms with van der Waals surface area (Å²) in [6.45, 7) is 1.27. The minimum Gasteiger partial charge on any atom is -0.478 e. The van der Waals surface area contributed by atoms with Crippen molar-refractivity contribution in [3.05, 3.63) is 29.8 Å². The summed E-state index contributed by atoms with van der Waals surface area (Å²) in [5.74, 6) is -0.998. The molecule has 1 amide bonds. The topological polar surface area (TPSA) is 90.8 Å². The Morgan fingerprint density at radius 2 is 2.00 bits per heavy atom. The van der Waals surface area contributed by atoms with Gasteiger partial charge in [0.05, 0.1) is 12.1 Å². The third kappa shape index (κ3) is 2.60. The highest BCUT2D eigenvalue weighted by atomic mass is 16.4. The van der Waals surface area contributed by atoms with Crippen LogP contribution in [0.2, 0.25) is 0 Å². The van der Waals surface area contributed by atoms with Crippen molar-refractivity contribution in [3.63, 3.8) is 0 Å². The van der Waals surface area contributed by atoms with Crippen LogP contribution in [0.4, 0.5) is 5.69 Å². The molecule has 0 bridgehead atoms. The van der Waals surface area contributed by atoms with Gasteiger partial charge in [0.25, 0.3) is 5.91 Å². The number of hydrogen-bond donors (Lipinski definition) is 3. The van der Waals surface area contributed by atoms with Crippen molar-refractivity contribution in [2.75, 3.05) is 18.4 Å². The highest BCUT2D eigenvalue weighted by Gasteiger charge is 2.14. The molecule has 0 fully saturated rings. The summed E-state index contributed by atoms with van der Waals surface area (Å²) in [4.78, 5) is 26.2. The molecule has 1 aliphatic heterocycles. The number of carboxylic acid groups (broad SMARTS) is 1. The first kappa shape index (κ1) is 11.1. The number of nitrogens with one attached hydrogen (secondary N) is 2. The third-order valence-electron chi connectivity index (χ3n) is 2.28. The zero-order valence-electron chi connectivity index (χ0n) is 8.93. The molecule has 1 aromatic carbocycles. The van der Waals surface area contributed by atoms with E-state index in [2.05, 4.69) is 15.6 Å². The molecule has 88 valence electrons. The first-order valence-electron chi connectivity index (χ1n) is 5.10. The van der Waals surface area contributed by atoms with E-state index in [1.54, 1.807) is 0 Å². The van der Waals surface area contributed by atoms with Gasteiger partial charge in [0.2, 0.25) is 0 Å². The average molecular weight is 233 g/mol. The number of anilines is 1. The Balaban J connectivity index is 2.03. The van der Waals surface area contributed by atoms with Crippen LogP contribution in [0, 0.1) is 0 Å². The zero-order chi connectivity index (χ0) is 12.3. The SMILES string of the molecule is O=C(Nc1ccc(C(=O)O)cc1)C1=NCCN1. The average Bonchev–Trinajstić information content (AvgIpc) is 2.83. The van der Waals surface area contributed by atoms with E-state index in [9.17, 15) is 9.59 Å². The molecular weight excluding hydrogens is 222 g/mol. The molecule has 0 spiro atoms. The maximum atomic E-state index is 11.6. The molecule has 6 nitrogen and oxygen atoms in total. The number of benzene rings is 1. The summed E-state index contributed by atoms with van der Waals surface area (Å²) in [5.41, 5.74) is 0.718. The van der Waals surface area contributed by atoms with E-state index < -0.39 is 5.97 Å². The van der Waals surface area contributed by atoms with E-state index >= 15 is 0 Å². The van der Waals surface area contributed by atoms with Crippen LogP contribution in [0.1, 0.15) is 10.4 Å². The van der Waals surface area contributed by atoms with Crippen molar-refractivity contribution in [1.82, 2.24) is 5.32 Å². The molecule has 1 aliphatic rings. The second-order valence-corrected chi connectivity index (χ2v) is 3.49. The van der Waals surface area contributed by atoms with Crippen LogP contribution < -0.4 is 10.6 Å². The quantitative estimate of drug-likeness (QED) is 0.701. The molecular formula is C11H11N3O3. The minimum absolute atomic E-state index is 0.180. The number of rotatable bonds is 3. The van der Waals surface area contributed by atoms with Gasteiger partial charge < -0.3 is 15.7 Å². The monoisotopic (exact) mass is 233 g/mol. The highest BCUT2D eigenvalue weighted by Crippen LogP contribution is 2.09. The fourth-order valence-corrected chi connectivity index (χ4v) is 1.44. The van der Waals surface area contributed by atoms with E-state index in [1.165, 1.54) is 24.3 Å². The minimum atomic E-state index is -0.996. The van der Waals surface area contributed by atoms with E-state index in [1.807, 2.05) is 0 Å².